The van der Waals surface area contributed by atoms with Crippen molar-refractivity contribution >= 4 is 16.6 Å². The van der Waals surface area contributed by atoms with Gasteiger partial charge in [-0.05, 0) is 56.4 Å². The molecule has 3 rings (SSSR count). The number of fused-ring (bicyclic) bond motifs is 1. The van der Waals surface area contributed by atoms with E-state index < -0.39 is 0 Å². The van der Waals surface area contributed by atoms with E-state index in [0.717, 1.165) is 11.4 Å². The first-order chi connectivity index (χ1) is 8.25. The summed E-state index contributed by atoms with van der Waals surface area (Å²) in [5.41, 5.74) is 3.57. The Bertz CT molecular complexity index is 544. The molecule has 0 amide bonds. The number of hydrogen-bond acceptors (Lipinski definition) is 2. The predicted molar refractivity (Wildman–Crippen MR) is 72.3 cm³/mol. The highest BCUT2D eigenvalue weighted by Crippen LogP contribution is 2.35. The molecule has 2 heteroatoms. The molecule has 1 N–H and O–H groups in total. The smallest absolute Gasteiger partial charge is 0.0751 e. The standard InChI is InChI=1S/C15H18N2/c1-10-5-8-14(17-11(2)12-6-7-12)13-4-3-9-16-15(10)13/h3-5,8-9,11-12,17H,6-7H2,1-2H3. The molecule has 0 aliphatic heterocycles. The molecule has 1 aromatic carbocycles. The lowest BCUT2D eigenvalue weighted by atomic mass is 10.1. The van der Waals surface area contributed by atoms with Crippen LogP contribution in [0.3, 0.4) is 0 Å². The highest BCUT2D eigenvalue weighted by atomic mass is 14.9. The van der Waals surface area contributed by atoms with E-state index in [1.54, 1.807) is 0 Å². The van der Waals surface area contributed by atoms with Crippen molar-refractivity contribution in [1.82, 2.24) is 4.98 Å². The van der Waals surface area contributed by atoms with Crippen molar-refractivity contribution in [3.8, 4) is 0 Å². The molecule has 0 bridgehead atoms. The molecular weight excluding hydrogens is 208 g/mol. The van der Waals surface area contributed by atoms with E-state index >= 15 is 0 Å². The average molecular weight is 226 g/mol. The second-order valence-corrected chi connectivity index (χ2v) is 5.10. The van der Waals surface area contributed by atoms with Crippen LogP contribution in [0, 0.1) is 12.8 Å². The minimum absolute atomic E-state index is 0.570. The summed E-state index contributed by atoms with van der Waals surface area (Å²) in [5.74, 6) is 0.864. The van der Waals surface area contributed by atoms with Crippen LogP contribution in [0.4, 0.5) is 5.69 Å². The number of pyridine rings is 1. The van der Waals surface area contributed by atoms with Gasteiger partial charge < -0.3 is 5.32 Å². The van der Waals surface area contributed by atoms with Gasteiger partial charge >= 0.3 is 0 Å². The summed E-state index contributed by atoms with van der Waals surface area (Å²) in [6.45, 7) is 4.39. The number of aromatic nitrogens is 1. The second-order valence-electron chi connectivity index (χ2n) is 5.10. The van der Waals surface area contributed by atoms with Crippen LogP contribution in [-0.4, -0.2) is 11.0 Å². The van der Waals surface area contributed by atoms with Crippen molar-refractivity contribution < 1.29 is 0 Å². The third-order valence-electron chi connectivity index (χ3n) is 3.68. The average Bonchev–Trinajstić information content (AvgIpc) is 3.17. The van der Waals surface area contributed by atoms with Gasteiger partial charge in [0.2, 0.25) is 0 Å². The Morgan fingerprint density at radius 1 is 1.29 bits per heavy atom. The van der Waals surface area contributed by atoms with Crippen molar-refractivity contribution in [2.45, 2.75) is 32.7 Å². The molecule has 1 aromatic heterocycles. The third-order valence-corrected chi connectivity index (χ3v) is 3.68. The van der Waals surface area contributed by atoms with Crippen LogP contribution in [0.25, 0.3) is 10.9 Å². The van der Waals surface area contributed by atoms with Gasteiger partial charge in [0.15, 0.2) is 0 Å². The third kappa shape index (κ3) is 1.99. The molecule has 1 fully saturated rings. The van der Waals surface area contributed by atoms with E-state index in [9.17, 15) is 0 Å². The molecule has 0 spiro atoms. The van der Waals surface area contributed by atoms with E-state index in [0.29, 0.717) is 6.04 Å². The van der Waals surface area contributed by atoms with Gasteiger partial charge in [-0.3, -0.25) is 4.98 Å². The second kappa shape index (κ2) is 4.02. The van der Waals surface area contributed by atoms with E-state index in [1.807, 2.05) is 12.3 Å². The molecule has 2 aromatic rings. The van der Waals surface area contributed by atoms with Crippen LogP contribution >= 0.6 is 0 Å². The SMILES string of the molecule is Cc1ccc(NC(C)C2CC2)c2cccnc12. The van der Waals surface area contributed by atoms with Crippen molar-refractivity contribution in [2.24, 2.45) is 5.92 Å². The molecule has 1 aliphatic carbocycles. The Balaban J connectivity index is 2.01. The van der Waals surface area contributed by atoms with Crippen molar-refractivity contribution in [3.05, 3.63) is 36.0 Å². The zero-order valence-corrected chi connectivity index (χ0v) is 10.4. The van der Waals surface area contributed by atoms with Crippen LogP contribution < -0.4 is 5.32 Å². The Morgan fingerprint density at radius 3 is 2.88 bits per heavy atom. The molecule has 0 saturated heterocycles. The summed E-state index contributed by atoms with van der Waals surface area (Å²) >= 11 is 0. The largest absolute Gasteiger partial charge is 0.382 e. The van der Waals surface area contributed by atoms with Crippen LogP contribution in [0.2, 0.25) is 0 Å². The molecule has 1 heterocycles. The van der Waals surface area contributed by atoms with Crippen molar-refractivity contribution in [1.29, 1.82) is 0 Å². The van der Waals surface area contributed by atoms with Gasteiger partial charge in [0.1, 0.15) is 0 Å². The molecule has 0 radical (unpaired) electrons. The lowest BCUT2D eigenvalue weighted by Gasteiger charge is -2.16. The summed E-state index contributed by atoms with van der Waals surface area (Å²) in [5, 5.41) is 4.87. The van der Waals surface area contributed by atoms with E-state index in [2.05, 4.69) is 42.3 Å². The lowest BCUT2D eigenvalue weighted by Crippen LogP contribution is -2.17. The Morgan fingerprint density at radius 2 is 2.12 bits per heavy atom. The maximum Gasteiger partial charge on any atom is 0.0751 e. The molecule has 1 saturated carbocycles. The molecule has 1 atom stereocenters. The normalized spacial score (nSPS) is 17.1. The van der Waals surface area contributed by atoms with Gasteiger partial charge in [-0.2, -0.15) is 0 Å². The molecule has 2 nitrogen and oxygen atoms in total. The molecule has 1 unspecified atom stereocenters. The lowest BCUT2D eigenvalue weighted by molar-refractivity contribution is 0.695. The van der Waals surface area contributed by atoms with Crippen LogP contribution in [0.15, 0.2) is 30.5 Å². The van der Waals surface area contributed by atoms with Gasteiger partial charge in [-0.25, -0.2) is 0 Å². The van der Waals surface area contributed by atoms with E-state index in [4.69, 9.17) is 0 Å². The number of benzene rings is 1. The number of nitrogens with one attached hydrogen (secondary N) is 1. The van der Waals surface area contributed by atoms with Gasteiger partial charge in [0, 0.05) is 23.3 Å². The summed E-state index contributed by atoms with van der Waals surface area (Å²) in [7, 11) is 0. The summed E-state index contributed by atoms with van der Waals surface area (Å²) in [6, 6.07) is 9.06. The van der Waals surface area contributed by atoms with Crippen molar-refractivity contribution in [3.63, 3.8) is 0 Å². The van der Waals surface area contributed by atoms with E-state index in [-0.39, 0.29) is 0 Å². The molecular formula is C15H18N2. The monoisotopic (exact) mass is 226 g/mol. The number of aryl methyl sites for hydroxylation is 1. The summed E-state index contributed by atoms with van der Waals surface area (Å²) in [4.78, 5) is 4.47. The number of anilines is 1. The number of rotatable bonds is 3. The van der Waals surface area contributed by atoms with Gasteiger partial charge in [0.25, 0.3) is 0 Å². The van der Waals surface area contributed by atoms with Gasteiger partial charge in [0.05, 0.1) is 5.52 Å². The van der Waals surface area contributed by atoms with Crippen LogP contribution in [-0.2, 0) is 0 Å². The van der Waals surface area contributed by atoms with Crippen LogP contribution in [0.1, 0.15) is 25.3 Å². The maximum atomic E-state index is 4.47. The summed E-state index contributed by atoms with van der Waals surface area (Å²) < 4.78 is 0. The maximum absolute atomic E-state index is 4.47. The molecule has 1 aliphatic rings. The molecule has 17 heavy (non-hydrogen) atoms. The first-order valence-electron chi connectivity index (χ1n) is 6.36. The topological polar surface area (TPSA) is 24.9 Å². The number of nitrogens with zero attached hydrogens (tertiary/aromatic N) is 1. The fourth-order valence-corrected chi connectivity index (χ4v) is 2.40. The molecule has 88 valence electrons. The van der Waals surface area contributed by atoms with Gasteiger partial charge in [-0.15, -0.1) is 0 Å². The zero-order chi connectivity index (χ0) is 11.8. The first kappa shape index (κ1) is 10.6. The van der Waals surface area contributed by atoms with Crippen molar-refractivity contribution in [2.75, 3.05) is 5.32 Å². The summed E-state index contributed by atoms with van der Waals surface area (Å²) in [6.07, 6.45) is 4.61. The fourth-order valence-electron chi connectivity index (χ4n) is 2.40. The highest BCUT2D eigenvalue weighted by Gasteiger charge is 2.27. The Kier molecular flexibility index (Phi) is 2.50. The first-order valence-corrected chi connectivity index (χ1v) is 6.36. The minimum Gasteiger partial charge on any atom is -0.382 e. The van der Waals surface area contributed by atoms with Crippen LogP contribution in [0.5, 0.6) is 0 Å². The predicted octanol–water partition coefficient (Wildman–Crippen LogP) is 3.75. The van der Waals surface area contributed by atoms with Gasteiger partial charge in [-0.1, -0.05) is 6.07 Å². The van der Waals surface area contributed by atoms with E-state index in [1.165, 1.54) is 29.5 Å². The zero-order valence-electron chi connectivity index (χ0n) is 10.4. The minimum atomic E-state index is 0.570. The Labute approximate surface area is 102 Å². The quantitative estimate of drug-likeness (QED) is 0.862. The number of hydrogen-bond donors (Lipinski definition) is 1. The highest BCUT2D eigenvalue weighted by molar-refractivity contribution is 5.93. The Hall–Kier alpha value is -1.57. The fraction of sp³-hybridized carbons (Fsp3) is 0.400.